The van der Waals surface area contributed by atoms with Crippen LogP contribution in [-0.2, 0) is 63.2 Å². The molecule has 4 N–H and O–H groups in total. The minimum atomic E-state index is -4.47. The zero-order valence-corrected chi connectivity index (χ0v) is 53.5. The predicted molar refractivity (Wildman–Crippen MR) is 290 cm³/mol. The van der Waals surface area contributed by atoms with E-state index in [1.54, 1.807) is 94.6 Å². The summed E-state index contributed by atoms with van der Waals surface area (Å²) in [6, 6.07) is 15.5. The second kappa shape index (κ2) is 34.8. The Kier molecular flexibility index (Phi) is 30.3. The molecule has 84 heavy (non-hydrogen) atoms. The Morgan fingerprint density at radius 1 is 0.476 bits per heavy atom. The second-order valence-electron chi connectivity index (χ2n) is 18.6. The van der Waals surface area contributed by atoms with Crippen LogP contribution in [0.15, 0.2) is 94.3 Å². The third-order valence-corrected chi connectivity index (χ3v) is 15.1. The molecule has 0 spiro atoms. The van der Waals surface area contributed by atoms with E-state index in [0.717, 1.165) is 0 Å². The Morgan fingerprint density at radius 2 is 0.810 bits per heavy atom. The van der Waals surface area contributed by atoms with Crippen LogP contribution >= 0.6 is 0 Å². The van der Waals surface area contributed by atoms with Gasteiger partial charge in [0, 0.05) is 134 Å². The molecule has 6 aromatic rings. The van der Waals surface area contributed by atoms with Crippen molar-refractivity contribution in [3.05, 3.63) is 85.5 Å². The zero-order chi connectivity index (χ0) is 60.1. The summed E-state index contributed by atoms with van der Waals surface area (Å²) in [7, 11) is -17.5. The van der Waals surface area contributed by atoms with E-state index in [9.17, 15) is 71.1 Å². The third-order valence-electron chi connectivity index (χ3n) is 12.0. The average molecular weight is 1270 g/mol. The minimum absolute atomic E-state index is 0. The smallest absolute Gasteiger partial charge is 0.748 e. The van der Waals surface area contributed by atoms with Crippen LogP contribution in [0.4, 0.5) is 21.0 Å². The van der Waals surface area contributed by atoms with Crippen molar-refractivity contribution in [1.82, 2.24) is 20.6 Å². The van der Waals surface area contributed by atoms with Crippen LogP contribution in [0, 0.1) is 0 Å². The van der Waals surface area contributed by atoms with Crippen LogP contribution in [0.1, 0.15) is 77.0 Å². The maximum absolute atomic E-state index is 13.0. The number of aryl methyl sites for hydroxylation is 2. The first-order valence-electron chi connectivity index (χ1n) is 25.7. The van der Waals surface area contributed by atoms with Crippen molar-refractivity contribution in [3.8, 4) is 22.9 Å². The number of benzene rings is 2. The second-order valence-corrected chi connectivity index (χ2v) is 24.7. The summed E-state index contributed by atoms with van der Waals surface area (Å²) < 4.78 is 146. The topological polar surface area (TPSA) is 428 Å². The van der Waals surface area contributed by atoms with Crippen molar-refractivity contribution in [2.45, 2.75) is 90.1 Å². The van der Waals surface area contributed by atoms with Gasteiger partial charge in [-0.25, -0.2) is 62.4 Å². The zero-order valence-electron chi connectivity index (χ0n) is 46.2. The van der Waals surface area contributed by atoms with Gasteiger partial charge >= 0.3 is 83.1 Å². The van der Waals surface area contributed by atoms with E-state index in [0.29, 0.717) is 108 Å². The summed E-state index contributed by atoms with van der Waals surface area (Å²) in [5.41, 5.74) is 3.78. The van der Waals surface area contributed by atoms with Gasteiger partial charge in [0.2, 0.25) is 11.8 Å². The fraction of sp³-hybridized carbons (Fsp3) is 0.440. The summed E-state index contributed by atoms with van der Waals surface area (Å²) in [4.78, 5) is 58.7. The fourth-order valence-electron chi connectivity index (χ4n) is 7.99. The molecule has 4 amide bonds. The predicted octanol–water partition coefficient (Wildman–Crippen LogP) is -2.36. The molecule has 0 saturated carbocycles. The van der Waals surface area contributed by atoms with Crippen molar-refractivity contribution >= 4 is 98.0 Å². The number of aliphatic carboxylic acids is 2. The average Bonchev–Trinajstić information content (AvgIpc) is 3.92. The molecule has 0 bridgehead atoms. The van der Waals surface area contributed by atoms with Crippen molar-refractivity contribution in [2.24, 2.45) is 0 Å². The van der Waals surface area contributed by atoms with Crippen LogP contribution in [-0.4, -0.2) is 145 Å². The van der Waals surface area contributed by atoms with E-state index < -0.39 is 87.5 Å². The summed E-state index contributed by atoms with van der Waals surface area (Å²) in [6.07, 6.45) is 10.4. The van der Waals surface area contributed by atoms with E-state index in [1.165, 1.54) is 9.80 Å². The first-order valence-corrected chi connectivity index (χ1v) is 32.0. The van der Waals surface area contributed by atoms with Crippen LogP contribution in [0.5, 0.6) is 0 Å². The molecule has 4 heterocycles. The van der Waals surface area contributed by atoms with Gasteiger partial charge in [-0.15, -0.1) is 0 Å². The number of carboxylic acids is 2. The number of hydrogen-bond acceptors (Lipinski definition) is 20. The molecule has 448 valence electrons. The van der Waals surface area contributed by atoms with Crippen LogP contribution in [0.2, 0.25) is 0 Å². The van der Waals surface area contributed by atoms with E-state index in [2.05, 4.69) is 20.6 Å². The molecule has 0 aliphatic carbocycles. The minimum Gasteiger partial charge on any atom is -0.748 e. The molecule has 6 rings (SSSR count). The molecular weight excluding hydrogens is 1210 g/mol. The number of nitrogens with zero attached hydrogens (tertiary/aromatic N) is 6. The van der Waals surface area contributed by atoms with Gasteiger partial charge in [0.15, 0.2) is 36.0 Å². The number of carboxylic acid groups (broad SMARTS) is 2. The summed E-state index contributed by atoms with van der Waals surface area (Å²) >= 11 is 0. The standard InChI is InChI=1S/2C25H32N4O10S2.2Na/c2*30-23(31)6-2-1-3-11-26-25(32)29(13-5-17-41(36,37)38)20-7-8-21-22(18-20)39-24(27-21)19-9-14-28(15-10-19)12-4-16-40(33,34)35;;/h2*7-10,14-15,18H,1-6,11-13,16-17H2,(H3-,26,30,31,32,33,34,35,36,37,38);;/q;;2*+1/p-2. The Balaban J connectivity index is 0.000000430. The maximum Gasteiger partial charge on any atom is 1.00 e. The third kappa shape index (κ3) is 27.4. The number of carbonyl (C=O) groups excluding carboxylic acids is 2. The Hall–Kier alpha value is -5.20. The molecule has 0 aliphatic heterocycles. The van der Waals surface area contributed by atoms with E-state index in [4.69, 9.17) is 19.0 Å². The number of rotatable bonds is 32. The summed E-state index contributed by atoms with van der Waals surface area (Å²) in [6.45, 7) is 1.14. The monoisotopic (exact) mass is 1270 g/mol. The maximum atomic E-state index is 13.0. The van der Waals surface area contributed by atoms with Gasteiger partial charge in [-0.1, -0.05) is 12.8 Å². The molecule has 34 heteroatoms. The molecule has 0 aliphatic rings. The van der Waals surface area contributed by atoms with E-state index in [1.807, 2.05) is 0 Å². The number of amides is 4. The Morgan fingerprint density at radius 3 is 1.13 bits per heavy atom. The van der Waals surface area contributed by atoms with Gasteiger partial charge in [0.1, 0.15) is 24.1 Å². The Bertz CT molecular complexity index is 3360. The molecule has 0 radical (unpaired) electrons. The number of hydrogen-bond donors (Lipinski definition) is 4. The van der Waals surface area contributed by atoms with Gasteiger partial charge in [-0.3, -0.25) is 19.4 Å². The number of oxazole rings is 2. The molecule has 0 unspecified atom stereocenters. The number of pyridine rings is 2. The number of anilines is 2. The molecular formula is C50H62N8Na2O20S4. The molecule has 4 aromatic heterocycles. The number of fused-ring (bicyclic) bond motifs is 2. The largest absolute Gasteiger partial charge is 1.00 e. The number of urea groups is 2. The number of unbranched alkanes of at least 4 members (excludes halogenated alkanes) is 4. The SMILES string of the molecule is O=C(O)CCCCCNC(=O)N(CCCS(=O)(=O)[O-])c1ccc2nc(-c3cc[n+](CCCS(=O)(=O)[O-])cc3)oc2c1.O=C(O)CCCCCNC(=O)N(CCCS(=O)(=O)[O-])c1ccc2nc(-c3cc[n+](CCCS(=O)(=O)[O-])cc3)oc2c1.[Na+].[Na+]. The fourth-order valence-corrected chi connectivity index (χ4v) is 9.92. The van der Waals surface area contributed by atoms with Crippen molar-refractivity contribution in [1.29, 1.82) is 0 Å². The van der Waals surface area contributed by atoms with E-state index in [-0.39, 0.29) is 124 Å². The van der Waals surface area contributed by atoms with Crippen LogP contribution < -0.4 is 88.7 Å². The van der Waals surface area contributed by atoms with Crippen molar-refractivity contribution in [3.63, 3.8) is 0 Å². The first-order chi connectivity index (χ1) is 38.6. The quantitative estimate of drug-likeness (QED) is 0.0148. The van der Waals surface area contributed by atoms with Gasteiger partial charge in [0.25, 0.3) is 0 Å². The van der Waals surface area contributed by atoms with Gasteiger partial charge in [-0.2, -0.15) is 0 Å². The summed E-state index contributed by atoms with van der Waals surface area (Å²) in [5.74, 6) is -3.37. The van der Waals surface area contributed by atoms with Crippen molar-refractivity contribution < 1.29 is 158 Å². The summed E-state index contributed by atoms with van der Waals surface area (Å²) in [5, 5.41) is 22.9. The molecule has 0 fully saturated rings. The number of aromatic nitrogens is 4. The molecule has 0 atom stereocenters. The number of carbonyl (C=O) groups is 4. The van der Waals surface area contributed by atoms with Crippen LogP contribution in [0.3, 0.4) is 0 Å². The van der Waals surface area contributed by atoms with E-state index >= 15 is 0 Å². The van der Waals surface area contributed by atoms with Crippen molar-refractivity contribution in [2.75, 3.05) is 59.0 Å². The normalized spacial score (nSPS) is 11.7. The first kappa shape index (κ1) is 73.1. The van der Waals surface area contributed by atoms with Gasteiger partial charge < -0.3 is 47.9 Å². The Labute approximate surface area is 530 Å². The molecule has 2 aromatic carbocycles. The number of nitrogens with one attached hydrogen (secondary N) is 2. The molecule has 28 nitrogen and oxygen atoms in total. The molecule has 0 saturated heterocycles. The van der Waals surface area contributed by atoms with Crippen LogP contribution in [0.25, 0.3) is 45.1 Å². The van der Waals surface area contributed by atoms with Gasteiger partial charge in [-0.05, 0) is 62.8 Å². The van der Waals surface area contributed by atoms with Gasteiger partial charge in [0.05, 0.1) is 40.5 Å².